The molecular formula is C15H5F23O2. The fourth-order valence-electron chi connectivity index (χ4n) is 2.35. The highest BCUT2D eigenvalue weighted by atomic mass is 19.4. The SMILES string of the molecule is CC(=CC(F)(F)C(F)(F)C(F)(F)C(F)(F)C(F)(F)C(F)(F)C(F)(F)C(F)(F)C(F)(C(F)(F)F)C(F)(F)F)C(=O)O. The van der Waals surface area contributed by atoms with Crippen molar-refractivity contribution in [2.75, 3.05) is 0 Å². The van der Waals surface area contributed by atoms with Crippen LogP contribution in [-0.2, 0) is 4.79 Å². The van der Waals surface area contributed by atoms with Gasteiger partial charge in [-0.05, 0) is 6.92 Å². The maximum atomic E-state index is 13.6. The van der Waals surface area contributed by atoms with Crippen LogP contribution in [0.2, 0.25) is 0 Å². The second-order valence-electron chi connectivity index (χ2n) is 7.43. The second-order valence-corrected chi connectivity index (χ2v) is 7.43. The Labute approximate surface area is 202 Å². The third kappa shape index (κ3) is 4.57. The van der Waals surface area contributed by atoms with Crippen LogP contribution in [0.3, 0.4) is 0 Å². The fourth-order valence-corrected chi connectivity index (χ4v) is 2.35. The van der Waals surface area contributed by atoms with Crippen LogP contribution in [0.4, 0.5) is 101 Å². The zero-order valence-electron chi connectivity index (χ0n) is 17.6. The van der Waals surface area contributed by atoms with E-state index in [9.17, 15) is 106 Å². The first-order valence-electron chi connectivity index (χ1n) is 8.60. The summed E-state index contributed by atoms with van der Waals surface area (Å²) in [5.41, 5.74) is -11.3. The minimum atomic E-state index is -9.54. The van der Waals surface area contributed by atoms with Crippen LogP contribution in [0.1, 0.15) is 6.92 Å². The van der Waals surface area contributed by atoms with E-state index in [2.05, 4.69) is 0 Å². The number of hydrogen-bond acceptors (Lipinski definition) is 1. The van der Waals surface area contributed by atoms with Crippen molar-refractivity contribution in [2.24, 2.45) is 0 Å². The standard InChI is InChI=1S/C15H5F23O2/c1-3(4(39)40)2-5(16,17)7(19,20)9(23,24)11(27,28)13(31,32)12(29,30)10(25,26)8(21,22)6(18,14(33,34)35)15(36,37)38/h2H,1H3,(H,39,40). The van der Waals surface area contributed by atoms with Crippen molar-refractivity contribution in [2.45, 2.75) is 72.3 Å². The number of carbonyl (C=O) groups is 1. The molecule has 0 heterocycles. The molecule has 40 heavy (non-hydrogen) atoms. The molecular weight excluding hydrogens is 649 g/mol. The van der Waals surface area contributed by atoms with Crippen molar-refractivity contribution in [3.05, 3.63) is 11.6 Å². The molecule has 0 spiro atoms. The van der Waals surface area contributed by atoms with Gasteiger partial charge in [0.1, 0.15) is 0 Å². The Bertz CT molecular complexity index is 983. The van der Waals surface area contributed by atoms with Gasteiger partial charge in [0.05, 0.1) is 0 Å². The summed E-state index contributed by atoms with van der Waals surface area (Å²) in [6, 6.07) is 0. The molecule has 0 aromatic rings. The minimum Gasteiger partial charge on any atom is -0.478 e. The van der Waals surface area contributed by atoms with Crippen molar-refractivity contribution in [1.29, 1.82) is 0 Å². The molecule has 25 heteroatoms. The highest BCUT2D eigenvalue weighted by Crippen LogP contribution is 2.67. The molecule has 0 bridgehead atoms. The zero-order valence-corrected chi connectivity index (χ0v) is 17.6. The molecule has 0 unspecified atom stereocenters. The lowest BCUT2D eigenvalue weighted by molar-refractivity contribution is -0.480. The van der Waals surface area contributed by atoms with Crippen LogP contribution < -0.4 is 0 Å². The Balaban J connectivity index is 7.44. The first-order chi connectivity index (χ1) is 16.8. The lowest BCUT2D eigenvalue weighted by Crippen LogP contribution is -2.79. The highest BCUT2D eigenvalue weighted by Gasteiger charge is 2.99. The first kappa shape index (κ1) is 37.6. The maximum Gasteiger partial charge on any atom is 0.438 e. The van der Waals surface area contributed by atoms with E-state index >= 15 is 0 Å². The van der Waals surface area contributed by atoms with Crippen LogP contribution >= 0.6 is 0 Å². The lowest BCUT2D eigenvalue weighted by Gasteiger charge is -2.45. The van der Waals surface area contributed by atoms with Gasteiger partial charge in [-0.2, -0.15) is 96.6 Å². The smallest absolute Gasteiger partial charge is 0.438 e. The molecule has 0 aromatic carbocycles. The topological polar surface area (TPSA) is 37.3 Å². The maximum absolute atomic E-state index is 13.6. The van der Waals surface area contributed by atoms with E-state index in [1.54, 1.807) is 0 Å². The molecule has 0 amide bonds. The predicted octanol–water partition coefficient (Wildman–Crippen LogP) is 7.93. The number of carboxylic acid groups (broad SMARTS) is 1. The molecule has 238 valence electrons. The largest absolute Gasteiger partial charge is 0.478 e. The number of rotatable bonds is 10. The van der Waals surface area contributed by atoms with Gasteiger partial charge in [0.15, 0.2) is 0 Å². The molecule has 0 aliphatic carbocycles. The van der Waals surface area contributed by atoms with Gasteiger partial charge >= 0.3 is 71.4 Å². The third-order valence-corrected chi connectivity index (χ3v) is 4.73. The monoisotopic (exact) mass is 654 g/mol. The highest BCUT2D eigenvalue weighted by molar-refractivity contribution is 5.86. The summed E-state index contributed by atoms with van der Waals surface area (Å²) in [5, 5.41) is 8.21. The van der Waals surface area contributed by atoms with Crippen LogP contribution in [0.25, 0.3) is 0 Å². The third-order valence-electron chi connectivity index (χ3n) is 4.73. The summed E-state index contributed by atoms with van der Waals surface area (Å²) in [4.78, 5) is 10.3. The molecule has 0 saturated heterocycles. The summed E-state index contributed by atoms with van der Waals surface area (Å²) in [5.74, 6) is -74.4. The van der Waals surface area contributed by atoms with Crippen molar-refractivity contribution in [3.8, 4) is 0 Å². The molecule has 1 N–H and O–H groups in total. The van der Waals surface area contributed by atoms with Gasteiger partial charge in [-0.1, -0.05) is 0 Å². The molecule has 2 nitrogen and oxygen atoms in total. The van der Waals surface area contributed by atoms with E-state index in [1.165, 1.54) is 0 Å². The Kier molecular flexibility index (Phi) is 8.75. The summed E-state index contributed by atoms with van der Waals surface area (Å²) >= 11 is 0. The molecule has 0 fully saturated rings. The normalized spacial score (nSPS) is 16.9. The van der Waals surface area contributed by atoms with Crippen LogP contribution in [-0.4, -0.2) is 76.5 Å². The molecule has 0 aliphatic rings. The van der Waals surface area contributed by atoms with Gasteiger partial charge in [-0.3, -0.25) is 0 Å². The van der Waals surface area contributed by atoms with Gasteiger partial charge in [-0.25, -0.2) is 9.18 Å². The Morgan fingerprint density at radius 3 is 0.900 bits per heavy atom. The van der Waals surface area contributed by atoms with Crippen molar-refractivity contribution in [1.82, 2.24) is 0 Å². The van der Waals surface area contributed by atoms with Crippen LogP contribution in [0.5, 0.6) is 0 Å². The Morgan fingerprint density at radius 2 is 0.675 bits per heavy atom. The molecule has 0 rings (SSSR count). The fraction of sp³-hybridized carbons (Fsp3) is 0.800. The van der Waals surface area contributed by atoms with E-state index < -0.39 is 83.0 Å². The number of hydrogen-bond donors (Lipinski definition) is 1. The van der Waals surface area contributed by atoms with Gasteiger partial charge in [-0.15, -0.1) is 0 Å². The predicted molar refractivity (Wildman–Crippen MR) is 76.9 cm³/mol. The van der Waals surface area contributed by atoms with E-state index in [0.29, 0.717) is 0 Å². The molecule has 0 aliphatic heterocycles. The second kappa shape index (κ2) is 9.31. The van der Waals surface area contributed by atoms with Gasteiger partial charge in [0, 0.05) is 11.6 Å². The van der Waals surface area contributed by atoms with Crippen LogP contribution in [0, 0.1) is 0 Å². The van der Waals surface area contributed by atoms with Crippen LogP contribution in [0.15, 0.2) is 11.6 Å². The van der Waals surface area contributed by atoms with E-state index in [-0.39, 0.29) is 6.92 Å². The molecule has 0 radical (unpaired) electrons. The molecule has 0 saturated carbocycles. The number of aliphatic carboxylic acids is 1. The molecule has 0 aromatic heterocycles. The average Bonchev–Trinajstić information content (AvgIpc) is 2.69. The number of carboxylic acids is 1. The summed E-state index contributed by atoms with van der Waals surface area (Å²) < 4.78 is 304. The van der Waals surface area contributed by atoms with E-state index in [4.69, 9.17) is 5.11 Å². The zero-order chi connectivity index (χ0) is 33.4. The Hall–Kier alpha value is -2.40. The van der Waals surface area contributed by atoms with Gasteiger partial charge < -0.3 is 5.11 Å². The quantitative estimate of drug-likeness (QED) is 0.192. The first-order valence-corrected chi connectivity index (χ1v) is 8.60. The summed E-state index contributed by atoms with van der Waals surface area (Å²) in [6.45, 7) is -0.196. The van der Waals surface area contributed by atoms with Crippen molar-refractivity contribution in [3.63, 3.8) is 0 Å². The van der Waals surface area contributed by atoms with E-state index in [0.717, 1.165) is 0 Å². The van der Waals surface area contributed by atoms with Crippen molar-refractivity contribution >= 4 is 5.97 Å². The number of allylic oxidation sites excluding steroid dienone is 1. The molecule has 0 atom stereocenters. The summed E-state index contributed by atoms with van der Waals surface area (Å²) in [6.07, 6.45) is -19.0. The lowest BCUT2D eigenvalue weighted by atomic mass is 9.82. The summed E-state index contributed by atoms with van der Waals surface area (Å²) in [7, 11) is 0. The van der Waals surface area contributed by atoms with Gasteiger partial charge in [0.2, 0.25) is 0 Å². The van der Waals surface area contributed by atoms with Gasteiger partial charge in [0.25, 0.3) is 0 Å². The Morgan fingerprint density at radius 1 is 0.450 bits per heavy atom. The number of alkyl halides is 23. The average molecular weight is 654 g/mol. The minimum absolute atomic E-state index is 0.196. The number of halogens is 23. The van der Waals surface area contributed by atoms with Crippen molar-refractivity contribution < 1.29 is 111 Å². The van der Waals surface area contributed by atoms with E-state index in [1.807, 2.05) is 0 Å².